The van der Waals surface area contributed by atoms with Gasteiger partial charge in [0.25, 0.3) is 0 Å². The lowest BCUT2D eigenvalue weighted by atomic mass is 10.0. The normalized spacial score (nSPS) is 12.8. The Balaban J connectivity index is 2.12. The first-order valence-electron chi connectivity index (χ1n) is 5.77. The topological polar surface area (TPSA) is 46.0 Å². The number of hydrogen-bond acceptors (Lipinski definition) is 2. The molecule has 102 valence electrons. The van der Waals surface area contributed by atoms with Gasteiger partial charge in [-0.15, -0.1) is 11.6 Å². The molecule has 3 aromatic rings. The van der Waals surface area contributed by atoms with Gasteiger partial charge in [0, 0.05) is 10.6 Å². The summed E-state index contributed by atoms with van der Waals surface area (Å²) < 4.78 is 18.8. The molecule has 1 aromatic heterocycles. The van der Waals surface area contributed by atoms with Crippen LogP contribution < -0.4 is 5.76 Å². The minimum Gasteiger partial charge on any atom is -0.408 e. The van der Waals surface area contributed by atoms with Crippen molar-refractivity contribution in [3.05, 3.63) is 68.9 Å². The van der Waals surface area contributed by atoms with Crippen LogP contribution in [0, 0.1) is 5.82 Å². The summed E-state index contributed by atoms with van der Waals surface area (Å²) in [4.78, 5) is 13.6. The van der Waals surface area contributed by atoms with Gasteiger partial charge in [-0.3, -0.25) is 4.98 Å². The highest BCUT2D eigenvalue weighted by Gasteiger charge is 2.19. The van der Waals surface area contributed by atoms with Gasteiger partial charge in [-0.25, -0.2) is 9.18 Å². The number of benzene rings is 2. The SMILES string of the molecule is O=c1[nH]c2ccc(C(Cl)c3c(F)cccc3Cl)cc2o1. The van der Waals surface area contributed by atoms with E-state index in [1.165, 1.54) is 12.1 Å². The summed E-state index contributed by atoms with van der Waals surface area (Å²) in [6.45, 7) is 0. The van der Waals surface area contributed by atoms with Gasteiger partial charge in [-0.2, -0.15) is 0 Å². The highest BCUT2D eigenvalue weighted by Crippen LogP contribution is 2.36. The number of oxazole rings is 1. The summed E-state index contributed by atoms with van der Waals surface area (Å²) >= 11 is 12.3. The molecule has 0 radical (unpaired) electrons. The molecule has 2 aromatic carbocycles. The standard InChI is InChI=1S/C14H8Cl2FNO2/c15-8-2-1-3-9(17)12(8)13(16)7-4-5-10-11(6-7)20-14(19)18-10/h1-6,13H,(H,18,19). The first-order chi connectivity index (χ1) is 9.56. The second kappa shape index (κ2) is 4.96. The van der Waals surface area contributed by atoms with Gasteiger partial charge in [0.1, 0.15) is 5.82 Å². The lowest BCUT2D eigenvalue weighted by molar-refractivity contribution is 0.555. The van der Waals surface area contributed by atoms with Crippen LogP contribution in [0.25, 0.3) is 11.1 Å². The van der Waals surface area contributed by atoms with E-state index >= 15 is 0 Å². The van der Waals surface area contributed by atoms with Crippen LogP contribution >= 0.6 is 23.2 Å². The van der Waals surface area contributed by atoms with Crippen LogP contribution in [0.3, 0.4) is 0 Å². The lowest BCUT2D eigenvalue weighted by Gasteiger charge is -2.12. The molecule has 0 amide bonds. The minimum atomic E-state index is -0.770. The second-order valence-electron chi connectivity index (χ2n) is 4.27. The molecule has 0 saturated heterocycles. The van der Waals surface area contributed by atoms with Crippen molar-refractivity contribution in [1.29, 1.82) is 0 Å². The molecule has 3 nitrogen and oxygen atoms in total. The number of fused-ring (bicyclic) bond motifs is 1. The van der Waals surface area contributed by atoms with Crippen molar-refractivity contribution in [3.63, 3.8) is 0 Å². The van der Waals surface area contributed by atoms with Crippen molar-refractivity contribution >= 4 is 34.3 Å². The Morgan fingerprint density at radius 1 is 1.25 bits per heavy atom. The van der Waals surface area contributed by atoms with Crippen LogP contribution in [0.2, 0.25) is 5.02 Å². The zero-order valence-electron chi connectivity index (χ0n) is 9.99. The molecule has 1 N–H and O–H groups in total. The van der Waals surface area contributed by atoms with Crippen molar-refractivity contribution in [3.8, 4) is 0 Å². The second-order valence-corrected chi connectivity index (χ2v) is 5.11. The molecule has 1 heterocycles. The summed E-state index contributed by atoms with van der Waals surface area (Å²) in [5.41, 5.74) is 1.72. The summed E-state index contributed by atoms with van der Waals surface area (Å²) in [6, 6.07) is 9.32. The number of halogens is 3. The predicted octanol–water partition coefficient (Wildman–Crippen LogP) is 4.24. The molecular weight excluding hydrogens is 304 g/mol. The van der Waals surface area contributed by atoms with Crippen molar-refractivity contribution in [2.75, 3.05) is 0 Å². The van der Waals surface area contributed by atoms with Crippen LogP contribution in [0.5, 0.6) is 0 Å². The third-order valence-electron chi connectivity index (χ3n) is 2.99. The molecule has 0 bridgehead atoms. The Labute approximate surface area is 122 Å². The molecule has 0 spiro atoms. The Hall–Kier alpha value is -1.78. The van der Waals surface area contributed by atoms with Gasteiger partial charge in [-0.1, -0.05) is 23.7 Å². The smallest absolute Gasteiger partial charge is 0.408 e. The van der Waals surface area contributed by atoms with Gasteiger partial charge in [0.2, 0.25) is 0 Å². The van der Waals surface area contributed by atoms with Crippen LogP contribution in [0.4, 0.5) is 4.39 Å². The fraction of sp³-hybridized carbons (Fsp3) is 0.0714. The summed E-state index contributed by atoms with van der Waals surface area (Å²) in [5.74, 6) is -1.03. The molecule has 0 fully saturated rings. The highest BCUT2D eigenvalue weighted by atomic mass is 35.5. The van der Waals surface area contributed by atoms with Crippen molar-refractivity contribution < 1.29 is 8.81 Å². The van der Waals surface area contributed by atoms with E-state index < -0.39 is 17.0 Å². The van der Waals surface area contributed by atoms with Crippen molar-refractivity contribution in [1.82, 2.24) is 4.98 Å². The molecule has 1 atom stereocenters. The Morgan fingerprint density at radius 3 is 2.80 bits per heavy atom. The first-order valence-corrected chi connectivity index (χ1v) is 6.58. The number of rotatable bonds is 2. The predicted molar refractivity (Wildman–Crippen MR) is 75.9 cm³/mol. The largest absolute Gasteiger partial charge is 0.417 e. The number of alkyl halides is 1. The van der Waals surface area contributed by atoms with Crippen LogP contribution in [0.15, 0.2) is 45.6 Å². The molecule has 3 rings (SSSR count). The van der Waals surface area contributed by atoms with E-state index in [1.54, 1.807) is 24.3 Å². The molecular formula is C14H8Cl2FNO2. The van der Waals surface area contributed by atoms with E-state index in [4.69, 9.17) is 27.6 Å². The average molecular weight is 312 g/mol. The highest BCUT2D eigenvalue weighted by molar-refractivity contribution is 6.33. The molecule has 0 aliphatic heterocycles. The van der Waals surface area contributed by atoms with E-state index in [2.05, 4.69) is 4.98 Å². The lowest BCUT2D eigenvalue weighted by Crippen LogP contribution is -1.98. The molecule has 0 aliphatic rings. The number of H-pyrrole nitrogens is 1. The van der Waals surface area contributed by atoms with E-state index in [9.17, 15) is 9.18 Å². The maximum Gasteiger partial charge on any atom is 0.417 e. The van der Waals surface area contributed by atoms with E-state index in [0.29, 0.717) is 16.7 Å². The number of nitrogens with one attached hydrogen (secondary N) is 1. The maximum absolute atomic E-state index is 13.9. The molecule has 1 unspecified atom stereocenters. The Morgan fingerprint density at radius 2 is 2.05 bits per heavy atom. The Bertz CT molecular complexity index is 820. The average Bonchev–Trinajstić information content (AvgIpc) is 2.77. The molecule has 20 heavy (non-hydrogen) atoms. The van der Waals surface area contributed by atoms with Crippen LogP contribution in [-0.2, 0) is 0 Å². The van der Waals surface area contributed by atoms with Crippen molar-refractivity contribution in [2.45, 2.75) is 5.38 Å². The van der Waals surface area contributed by atoms with E-state index in [1.807, 2.05) is 0 Å². The number of hydrogen-bond donors (Lipinski definition) is 1. The maximum atomic E-state index is 13.9. The summed E-state index contributed by atoms with van der Waals surface area (Å²) in [5, 5.41) is -0.520. The first kappa shape index (κ1) is 13.2. The number of aromatic nitrogens is 1. The fourth-order valence-corrected chi connectivity index (χ4v) is 2.72. The van der Waals surface area contributed by atoms with Gasteiger partial charge < -0.3 is 4.42 Å². The van der Waals surface area contributed by atoms with Crippen LogP contribution in [0.1, 0.15) is 16.5 Å². The van der Waals surface area contributed by atoms with Crippen molar-refractivity contribution in [2.24, 2.45) is 0 Å². The third-order valence-corrected chi connectivity index (χ3v) is 3.79. The molecule has 6 heteroatoms. The summed E-state index contributed by atoms with van der Waals surface area (Å²) in [6.07, 6.45) is 0. The monoisotopic (exact) mass is 311 g/mol. The zero-order valence-corrected chi connectivity index (χ0v) is 11.5. The quantitative estimate of drug-likeness (QED) is 0.719. The van der Waals surface area contributed by atoms with Gasteiger partial charge >= 0.3 is 5.76 Å². The molecule has 0 aliphatic carbocycles. The molecule has 0 saturated carbocycles. The van der Waals surface area contributed by atoms with Gasteiger partial charge in [0.15, 0.2) is 5.58 Å². The number of aromatic amines is 1. The van der Waals surface area contributed by atoms with Gasteiger partial charge in [-0.05, 0) is 29.8 Å². The van der Waals surface area contributed by atoms with E-state index in [0.717, 1.165) is 0 Å². The van der Waals surface area contributed by atoms with Gasteiger partial charge in [0.05, 0.1) is 10.9 Å². The third kappa shape index (κ3) is 2.21. The summed E-state index contributed by atoms with van der Waals surface area (Å²) in [7, 11) is 0. The minimum absolute atomic E-state index is 0.202. The Kier molecular flexibility index (Phi) is 3.28. The fourth-order valence-electron chi connectivity index (χ4n) is 2.04. The van der Waals surface area contributed by atoms with E-state index in [-0.39, 0.29) is 10.6 Å². The zero-order chi connectivity index (χ0) is 14.3. The van der Waals surface area contributed by atoms with Crippen LogP contribution in [-0.4, -0.2) is 4.98 Å².